The molecule has 2 aromatic heterocycles. The molecule has 0 spiro atoms. The van der Waals surface area contributed by atoms with Gasteiger partial charge in [0.2, 0.25) is 0 Å². The normalized spacial score (nSPS) is 11.7. The zero-order valence-electron chi connectivity index (χ0n) is 17.6. The molecule has 0 aliphatic carbocycles. The molecule has 0 bridgehead atoms. The van der Waals surface area contributed by atoms with E-state index in [-0.39, 0.29) is 16.5 Å². The summed E-state index contributed by atoms with van der Waals surface area (Å²) in [6.07, 6.45) is -1.08. The molecular weight excluding hydrogens is 457 g/mol. The molecule has 0 aliphatic heterocycles. The monoisotopic (exact) mass is 476 g/mol. The number of hydrogen-bond donors (Lipinski definition) is 1. The Morgan fingerprint density at radius 1 is 1.09 bits per heavy atom. The molecule has 0 saturated carbocycles. The summed E-state index contributed by atoms with van der Waals surface area (Å²) in [5, 5.41) is 3.45. The summed E-state index contributed by atoms with van der Waals surface area (Å²) < 4.78 is 51.8. The van der Waals surface area contributed by atoms with Crippen molar-refractivity contribution in [3.63, 3.8) is 0 Å². The van der Waals surface area contributed by atoms with Crippen LogP contribution in [-0.2, 0) is 17.5 Å². The predicted molar refractivity (Wildman–Crippen MR) is 120 cm³/mol. The molecule has 0 amide bonds. The van der Waals surface area contributed by atoms with E-state index in [2.05, 4.69) is 15.3 Å². The average Bonchev–Trinajstić information content (AvgIpc) is 3.20. The van der Waals surface area contributed by atoms with Gasteiger partial charge in [-0.1, -0.05) is 17.7 Å². The number of anilines is 2. The molecule has 0 fully saturated rings. The van der Waals surface area contributed by atoms with E-state index in [4.69, 9.17) is 21.1 Å². The maximum Gasteiger partial charge on any atom is 0.416 e. The minimum Gasteiger partial charge on any atom is -0.456 e. The third-order valence-electron chi connectivity index (χ3n) is 4.81. The van der Waals surface area contributed by atoms with Crippen molar-refractivity contribution in [3.05, 3.63) is 71.6 Å². The third-order valence-corrected chi connectivity index (χ3v) is 5.11. The molecule has 0 unspecified atom stereocenters. The van der Waals surface area contributed by atoms with E-state index in [1.54, 1.807) is 18.2 Å². The van der Waals surface area contributed by atoms with Crippen LogP contribution in [0, 0.1) is 0 Å². The van der Waals surface area contributed by atoms with Crippen molar-refractivity contribution in [2.24, 2.45) is 0 Å². The van der Waals surface area contributed by atoms with Crippen LogP contribution in [0.1, 0.15) is 12.5 Å². The van der Waals surface area contributed by atoms with E-state index < -0.39 is 11.7 Å². The second-order valence-electron chi connectivity index (χ2n) is 7.06. The van der Waals surface area contributed by atoms with Crippen LogP contribution in [0.15, 0.2) is 61.1 Å². The molecule has 2 heterocycles. The first-order valence-corrected chi connectivity index (χ1v) is 10.5. The Labute approximate surface area is 192 Å². The lowest BCUT2D eigenvalue weighted by Crippen LogP contribution is -2.06. The van der Waals surface area contributed by atoms with E-state index in [1.807, 2.05) is 23.8 Å². The second-order valence-corrected chi connectivity index (χ2v) is 7.47. The minimum atomic E-state index is -4.46. The van der Waals surface area contributed by atoms with Crippen molar-refractivity contribution in [2.75, 3.05) is 18.5 Å². The molecule has 10 heteroatoms. The second kappa shape index (κ2) is 9.68. The summed E-state index contributed by atoms with van der Waals surface area (Å²) in [6, 6.07) is 11.4. The molecule has 0 atom stereocenters. The largest absolute Gasteiger partial charge is 0.456 e. The molecular formula is C23H20ClF3N4O2. The maximum absolute atomic E-state index is 12.9. The van der Waals surface area contributed by atoms with Crippen LogP contribution < -0.4 is 10.1 Å². The highest BCUT2D eigenvalue weighted by Gasteiger charge is 2.30. The number of ether oxygens (including phenoxy) is 2. The highest BCUT2D eigenvalue weighted by molar-refractivity contribution is 6.32. The zero-order chi connectivity index (χ0) is 23.4. The average molecular weight is 477 g/mol. The first kappa shape index (κ1) is 22.9. The van der Waals surface area contributed by atoms with Crippen molar-refractivity contribution in [1.29, 1.82) is 0 Å². The van der Waals surface area contributed by atoms with Gasteiger partial charge in [0.05, 0.1) is 22.7 Å². The number of nitrogens with one attached hydrogen (secondary N) is 1. The molecule has 2 aromatic carbocycles. The summed E-state index contributed by atoms with van der Waals surface area (Å²) in [6.45, 7) is 3.77. The molecule has 0 aliphatic rings. The number of halogens is 4. The van der Waals surface area contributed by atoms with Gasteiger partial charge < -0.3 is 19.4 Å². The van der Waals surface area contributed by atoms with E-state index in [9.17, 15) is 13.2 Å². The van der Waals surface area contributed by atoms with Crippen molar-refractivity contribution < 1.29 is 22.6 Å². The van der Waals surface area contributed by atoms with Gasteiger partial charge in [0, 0.05) is 25.0 Å². The summed E-state index contributed by atoms with van der Waals surface area (Å²) in [5.41, 5.74) is 1.43. The first-order valence-electron chi connectivity index (χ1n) is 10.1. The van der Waals surface area contributed by atoms with Gasteiger partial charge in [0.25, 0.3) is 0 Å². The standard InChI is InChI=1S/C23H20ClF3N4O2/c1-2-32-11-10-31-9-8-19-21(31)22(29-14-28-19)30-16-6-7-20(18(24)13-16)33-17-5-3-4-15(12-17)23(25,26)27/h3-9,12-14H,2,10-11H2,1H3,(H,28,29,30). The van der Waals surface area contributed by atoms with Gasteiger partial charge >= 0.3 is 6.18 Å². The minimum absolute atomic E-state index is 0.0390. The Bertz CT molecular complexity index is 1260. The maximum atomic E-state index is 12.9. The van der Waals surface area contributed by atoms with Crippen LogP contribution in [0.2, 0.25) is 5.02 Å². The summed E-state index contributed by atoms with van der Waals surface area (Å²) in [4.78, 5) is 8.65. The Morgan fingerprint density at radius 2 is 1.94 bits per heavy atom. The molecule has 172 valence electrons. The van der Waals surface area contributed by atoms with Crippen molar-refractivity contribution in [1.82, 2.24) is 14.5 Å². The molecule has 4 aromatic rings. The highest BCUT2D eigenvalue weighted by Crippen LogP contribution is 2.36. The predicted octanol–water partition coefficient (Wildman–Crippen LogP) is 6.68. The summed E-state index contributed by atoms with van der Waals surface area (Å²) in [5.74, 6) is 0.857. The van der Waals surface area contributed by atoms with E-state index in [0.717, 1.165) is 23.2 Å². The quantitative estimate of drug-likeness (QED) is 0.287. The van der Waals surface area contributed by atoms with Crippen LogP contribution in [0.5, 0.6) is 11.5 Å². The van der Waals surface area contributed by atoms with Crippen molar-refractivity contribution in [3.8, 4) is 11.5 Å². The van der Waals surface area contributed by atoms with Crippen LogP contribution in [0.3, 0.4) is 0 Å². The first-order chi connectivity index (χ1) is 15.8. The molecule has 0 saturated heterocycles. The van der Waals surface area contributed by atoms with Gasteiger partial charge in [-0.05, 0) is 49.4 Å². The SMILES string of the molecule is CCOCCn1ccc2ncnc(Nc3ccc(Oc4cccc(C(F)(F)F)c4)c(Cl)c3)c21. The molecule has 4 rings (SSSR count). The third kappa shape index (κ3) is 5.37. The lowest BCUT2D eigenvalue weighted by molar-refractivity contribution is -0.137. The van der Waals surface area contributed by atoms with Gasteiger partial charge in [-0.3, -0.25) is 0 Å². The molecule has 0 radical (unpaired) electrons. The smallest absolute Gasteiger partial charge is 0.416 e. The van der Waals surface area contributed by atoms with Gasteiger partial charge in [-0.15, -0.1) is 0 Å². The fourth-order valence-electron chi connectivity index (χ4n) is 3.28. The van der Waals surface area contributed by atoms with E-state index in [1.165, 1.54) is 18.5 Å². The number of alkyl halides is 3. The Morgan fingerprint density at radius 3 is 2.70 bits per heavy atom. The van der Waals surface area contributed by atoms with Crippen LogP contribution in [-0.4, -0.2) is 27.7 Å². The summed E-state index contributed by atoms with van der Waals surface area (Å²) in [7, 11) is 0. The number of aromatic nitrogens is 3. The Hall–Kier alpha value is -3.30. The number of nitrogens with zero attached hydrogens (tertiary/aromatic N) is 3. The number of rotatable bonds is 8. The van der Waals surface area contributed by atoms with Crippen LogP contribution in [0.25, 0.3) is 11.0 Å². The number of fused-ring (bicyclic) bond motifs is 1. The van der Waals surface area contributed by atoms with Crippen molar-refractivity contribution >= 4 is 34.1 Å². The van der Waals surface area contributed by atoms with Gasteiger partial charge in [0.1, 0.15) is 23.3 Å². The highest BCUT2D eigenvalue weighted by atomic mass is 35.5. The van der Waals surface area contributed by atoms with E-state index >= 15 is 0 Å². The Balaban J connectivity index is 1.55. The van der Waals surface area contributed by atoms with Crippen LogP contribution in [0.4, 0.5) is 24.7 Å². The fraction of sp³-hybridized carbons (Fsp3) is 0.217. The molecule has 33 heavy (non-hydrogen) atoms. The van der Waals surface area contributed by atoms with Gasteiger partial charge in [-0.2, -0.15) is 13.2 Å². The summed E-state index contributed by atoms with van der Waals surface area (Å²) >= 11 is 6.35. The lowest BCUT2D eigenvalue weighted by atomic mass is 10.2. The fourth-order valence-corrected chi connectivity index (χ4v) is 3.50. The molecule has 1 N–H and O–H groups in total. The topological polar surface area (TPSA) is 61.2 Å². The van der Waals surface area contributed by atoms with Crippen LogP contribution >= 0.6 is 11.6 Å². The van der Waals surface area contributed by atoms with E-state index in [0.29, 0.717) is 31.3 Å². The number of benzene rings is 2. The van der Waals surface area contributed by atoms with Crippen molar-refractivity contribution in [2.45, 2.75) is 19.6 Å². The Kier molecular flexibility index (Phi) is 6.71. The van der Waals surface area contributed by atoms with Gasteiger partial charge in [-0.25, -0.2) is 9.97 Å². The molecule has 6 nitrogen and oxygen atoms in total. The lowest BCUT2D eigenvalue weighted by Gasteiger charge is -2.13. The van der Waals surface area contributed by atoms with Gasteiger partial charge in [0.15, 0.2) is 5.82 Å². The number of hydrogen-bond acceptors (Lipinski definition) is 5. The zero-order valence-corrected chi connectivity index (χ0v) is 18.3.